The van der Waals surface area contributed by atoms with Crippen LogP contribution in [0.4, 0.5) is 5.69 Å². The van der Waals surface area contributed by atoms with Gasteiger partial charge < -0.3 is 15.4 Å². The lowest BCUT2D eigenvalue weighted by Gasteiger charge is -2.19. The number of quaternary nitrogens is 1. The van der Waals surface area contributed by atoms with Gasteiger partial charge in [0.2, 0.25) is 0 Å². The Kier molecular flexibility index (Phi) is 6.64. The van der Waals surface area contributed by atoms with Crippen LogP contribution in [0.15, 0.2) is 48.5 Å². The van der Waals surface area contributed by atoms with Crippen LogP contribution < -0.4 is 15.4 Å². The molecule has 0 saturated carbocycles. The summed E-state index contributed by atoms with van der Waals surface area (Å²) in [4.78, 5) is 12.4. The fourth-order valence-corrected chi connectivity index (χ4v) is 2.78. The fourth-order valence-electron chi connectivity index (χ4n) is 2.59. The molecule has 0 bridgehead atoms. The van der Waals surface area contributed by atoms with Gasteiger partial charge in [0.15, 0.2) is 6.04 Å². The largest absolute Gasteiger partial charge is 0.497 e. The van der Waals surface area contributed by atoms with E-state index in [0.29, 0.717) is 10.7 Å². The highest BCUT2D eigenvalue weighted by Gasteiger charge is 2.22. The van der Waals surface area contributed by atoms with Gasteiger partial charge in [-0.1, -0.05) is 24.6 Å². The summed E-state index contributed by atoms with van der Waals surface area (Å²) in [5, 5.41) is 5.60. The molecule has 0 heterocycles. The number of amides is 1. The SMILES string of the molecule is CC[C@@H]([NH2+][C@H](C)C(=O)Nc1cccc(Cl)c1)c1ccc(OC)cc1. The number of rotatable bonds is 7. The Hall–Kier alpha value is -2.04. The molecular formula is C19H24ClN2O2+. The average molecular weight is 348 g/mol. The number of nitrogens with one attached hydrogen (secondary N) is 1. The number of methoxy groups -OCH3 is 1. The summed E-state index contributed by atoms with van der Waals surface area (Å²) in [6, 6.07) is 15.2. The first-order valence-corrected chi connectivity index (χ1v) is 8.46. The first-order chi connectivity index (χ1) is 11.5. The zero-order valence-electron chi connectivity index (χ0n) is 14.3. The van der Waals surface area contributed by atoms with Gasteiger partial charge in [-0.25, -0.2) is 0 Å². The predicted molar refractivity (Wildman–Crippen MR) is 97.5 cm³/mol. The van der Waals surface area contributed by atoms with Crippen LogP contribution in [-0.4, -0.2) is 19.1 Å². The Balaban J connectivity index is 1.99. The van der Waals surface area contributed by atoms with E-state index in [1.54, 1.807) is 19.2 Å². The lowest BCUT2D eigenvalue weighted by Crippen LogP contribution is -2.92. The summed E-state index contributed by atoms with van der Waals surface area (Å²) in [7, 11) is 1.65. The van der Waals surface area contributed by atoms with Crippen molar-refractivity contribution in [3.05, 3.63) is 59.1 Å². The molecule has 2 aromatic carbocycles. The molecule has 0 unspecified atom stereocenters. The van der Waals surface area contributed by atoms with Gasteiger partial charge in [-0.15, -0.1) is 0 Å². The number of halogens is 1. The van der Waals surface area contributed by atoms with Crippen LogP contribution >= 0.6 is 11.6 Å². The highest BCUT2D eigenvalue weighted by molar-refractivity contribution is 6.30. The van der Waals surface area contributed by atoms with Crippen molar-refractivity contribution in [3.8, 4) is 5.75 Å². The van der Waals surface area contributed by atoms with Gasteiger partial charge in [-0.2, -0.15) is 0 Å². The molecule has 3 N–H and O–H groups in total. The third-order valence-electron chi connectivity index (χ3n) is 4.01. The van der Waals surface area contributed by atoms with Crippen LogP contribution in [-0.2, 0) is 4.79 Å². The Morgan fingerprint density at radius 1 is 1.25 bits per heavy atom. The Morgan fingerprint density at radius 3 is 2.54 bits per heavy atom. The lowest BCUT2D eigenvalue weighted by atomic mass is 10.0. The summed E-state index contributed by atoms with van der Waals surface area (Å²) in [5.41, 5.74) is 1.89. The minimum absolute atomic E-state index is 0.0378. The molecule has 5 heteroatoms. The maximum absolute atomic E-state index is 12.4. The monoisotopic (exact) mass is 347 g/mol. The van der Waals surface area contributed by atoms with Crippen LogP contribution in [0.5, 0.6) is 5.75 Å². The van der Waals surface area contributed by atoms with E-state index in [1.807, 2.05) is 43.3 Å². The number of hydrogen-bond donors (Lipinski definition) is 2. The molecule has 2 atom stereocenters. The number of anilines is 1. The number of nitrogens with two attached hydrogens (primary N) is 1. The topological polar surface area (TPSA) is 54.9 Å². The third-order valence-corrected chi connectivity index (χ3v) is 4.25. The van der Waals surface area contributed by atoms with Crippen LogP contribution in [0.3, 0.4) is 0 Å². The number of hydrogen-bond acceptors (Lipinski definition) is 2. The first kappa shape index (κ1) is 18.3. The normalized spacial score (nSPS) is 13.2. The standard InChI is InChI=1S/C19H23ClN2O2/c1-4-18(14-8-10-17(24-3)11-9-14)21-13(2)19(23)22-16-7-5-6-15(20)12-16/h5-13,18,21H,4H2,1-3H3,(H,22,23)/p+1/t13-,18-/m1/s1. The van der Waals surface area contributed by atoms with Crippen molar-refractivity contribution in [1.29, 1.82) is 0 Å². The third kappa shape index (κ3) is 4.98. The Morgan fingerprint density at radius 2 is 1.96 bits per heavy atom. The minimum Gasteiger partial charge on any atom is -0.497 e. The van der Waals surface area contributed by atoms with Crippen molar-refractivity contribution < 1.29 is 14.8 Å². The van der Waals surface area contributed by atoms with Gasteiger partial charge in [0.25, 0.3) is 5.91 Å². The Bertz CT molecular complexity index is 673. The van der Waals surface area contributed by atoms with Crippen molar-refractivity contribution >= 4 is 23.2 Å². The summed E-state index contributed by atoms with van der Waals surface area (Å²) >= 11 is 5.95. The van der Waals surface area contributed by atoms with Crippen LogP contribution in [0.25, 0.3) is 0 Å². The van der Waals surface area contributed by atoms with E-state index < -0.39 is 0 Å². The van der Waals surface area contributed by atoms with E-state index in [2.05, 4.69) is 17.6 Å². The zero-order chi connectivity index (χ0) is 17.5. The van der Waals surface area contributed by atoms with E-state index in [0.717, 1.165) is 12.2 Å². The molecule has 24 heavy (non-hydrogen) atoms. The summed E-state index contributed by atoms with van der Waals surface area (Å²) < 4.78 is 5.19. The highest BCUT2D eigenvalue weighted by Crippen LogP contribution is 2.18. The predicted octanol–water partition coefficient (Wildman–Crippen LogP) is 3.39. The molecule has 0 fully saturated rings. The lowest BCUT2D eigenvalue weighted by molar-refractivity contribution is -0.713. The van der Waals surface area contributed by atoms with E-state index in [1.165, 1.54) is 5.56 Å². The number of ether oxygens (including phenoxy) is 1. The number of carbonyl (C=O) groups is 1. The molecule has 0 spiro atoms. The van der Waals surface area contributed by atoms with Crippen molar-refractivity contribution in [2.45, 2.75) is 32.4 Å². The highest BCUT2D eigenvalue weighted by atomic mass is 35.5. The molecular weight excluding hydrogens is 324 g/mol. The fraction of sp³-hybridized carbons (Fsp3) is 0.316. The van der Waals surface area contributed by atoms with Crippen molar-refractivity contribution in [1.82, 2.24) is 0 Å². The number of benzene rings is 2. The molecule has 2 aromatic rings. The Labute approximate surface area is 148 Å². The summed E-state index contributed by atoms with van der Waals surface area (Å²) in [5.74, 6) is 0.796. The molecule has 128 valence electrons. The smallest absolute Gasteiger partial charge is 0.282 e. The number of carbonyl (C=O) groups excluding carboxylic acids is 1. The van der Waals surface area contributed by atoms with E-state index in [9.17, 15) is 4.79 Å². The zero-order valence-corrected chi connectivity index (χ0v) is 15.0. The van der Waals surface area contributed by atoms with E-state index in [-0.39, 0.29) is 18.0 Å². The van der Waals surface area contributed by atoms with E-state index in [4.69, 9.17) is 16.3 Å². The molecule has 0 saturated heterocycles. The van der Waals surface area contributed by atoms with Crippen molar-refractivity contribution in [3.63, 3.8) is 0 Å². The maximum Gasteiger partial charge on any atom is 0.282 e. The minimum atomic E-state index is -0.212. The second kappa shape index (κ2) is 8.71. The first-order valence-electron chi connectivity index (χ1n) is 8.08. The molecule has 2 rings (SSSR count). The van der Waals surface area contributed by atoms with Gasteiger partial charge in [-0.3, -0.25) is 4.79 Å². The maximum atomic E-state index is 12.4. The molecule has 4 nitrogen and oxygen atoms in total. The van der Waals surface area contributed by atoms with Gasteiger partial charge in [0, 0.05) is 22.7 Å². The quantitative estimate of drug-likeness (QED) is 0.806. The molecule has 0 aliphatic rings. The van der Waals surface area contributed by atoms with Crippen LogP contribution in [0, 0.1) is 0 Å². The molecule has 0 radical (unpaired) electrons. The van der Waals surface area contributed by atoms with Gasteiger partial charge in [0.1, 0.15) is 11.8 Å². The van der Waals surface area contributed by atoms with Crippen LogP contribution in [0.2, 0.25) is 5.02 Å². The van der Waals surface area contributed by atoms with Crippen molar-refractivity contribution in [2.24, 2.45) is 0 Å². The van der Waals surface area contributed by atoms with Gasteiger partial charge >= 0.3 is 0 Å². The van der Waals surface area contributed by atoms with Crippen molar-refractivity contribution in [2.75, 3.05) is 12.4 Å². The second-order valence-electron chi connectivity index (χ2n) is 5.77. The second-order valence-corrected chi connectivity index (χ2v) is 6.21. The molecule has 1 amide bonds. The molecule has 0 aliphatic carbocycles. The van der Waals surface area contributed by atoms with Gasteiger partial charge in [-0.05, 0) is 49.4 Å². The summed E-state index contributed by atoms with van der Waals surface area (Å²) in [6.07, 6.45) is 0.932. The molecule has 0 aromatic heterocycles. The van der Waals surface area contributed by atoms with Crippen LogP contribution in [0.1, 0.15) is 31.9 Å². The van der Waals surface area contributed by atoms with Gasteiger partial charge in [0.05, 0.1) is 7.11 Å². The molecule has 0 aliphatic heterocycles. The summed E-state index contributed by atoms with van der Waals surface area (Å²) in [6.45, 7) is 4.03. The van der Waals surface area contributed by atoms with E-state index >= 15 is 0 Å². The average Bonchev–Trinajstić information content (AvgIpc) is 2.59.